The summed E-state index contributed by atoms with van der Waals surface area (Å²) in [5.41, 5.74) is 2.45. The molecule has 0 fully saturated rings. The summed E-state index contributed by atoms with van der Waals surface area (Å²) in [6.07, 6.45) is 2.06. The molecule has 25 heavy (non-hydrogen) atoms. The minimum atomic E-state index is 0. The number of rotatable bonds is 6. The SMILES string of the molecule is CN=C(NCC(C)c1ccccc1OC)N(C)Cc1cccn1C.I. The van der Waals surface area contributed by atoms with E-state index < -0.39 is 0 Å². The van der Waals surface area contributed by atoms with E-state index in [0.29, 0.717) is 5.92 Å². The number of aromatic nitrogens is 1. The summed E-state index contributed by atoms with van der Waals surface area (Å²) in [5.74, 6) is 2.14. The van der Waals surface area contributed by atoms with Crippen LogP contribution in [0.15, 0.2) is 47.6 Å². The molecule has 2 aromatic rings. The second-order valence-electron chi connectivity index (χ2n) is 6.04. The summed E-state index contributed by atoms with van der Waals surface area (Å²) >= 11 is 0. The third-order valence-corrected chi connectivity index (χ3v) is 4.26. The number of ether oxygens (including phenoxy) is 1. The molecule has 0 amide bonds. The molecule has 0 aliphatic carbocycles. The van der Waals surface area contributed by atoms with Gasteiger partial charge in [0.2, 0.25) is 0 Å². The smallest absolute Gasteiger partial charge is 0.193 e. The van der Waals surface area contributed by atoms with Gasteiger partial charge in [-0.15, -0.1) is 24.0 Å². The molecular formula is C19H29IN4O. The fourth-order valence-corrected chi connectivity index (χ4v) is 2.79. The maximum absolute atomic E-state index is 5.46. The molecule has 0 bridgehead atoms. The zero-order valence-corrected chi connectivity index (χ0v) is 18.0. The van der Waals surface area contributed by atoms with Crippen molar-refractivity contribution in [1.29, 1.82) is 0 Å². The van der Waals surface area contributed by atoms with E-state index in [-0.39, 0.29) is 24.0 Å². The van der Waals surface area contributed by atoms with Crippen LogP contribution in [-0.4, -0.2) is 43.2 Å². The molecule has 0 saturated heterocycles. The number of nitrogens with zero attached hydrogens (tertiary/aromatic N) is 3. The minimum Gasteiger partial charge on any atom is -0.496 e. The summed E-state index contributed by atoms with van der Waals surface area (Å²) in [5, 5.41) is 3.46. The van der Waals surface area contributed by atoms with Crippen LogP contribution in [-0.2, 0) is 13.6 Å². The molecule has 2 rings (SSSR count). The third-order valence-electron chi connectivity index (χ3n) is 4.26. The summed E-state index contributed by atoms with van der Waals surface area (Å²) < 4.78 is 7.59. The molecule has 1 heterocycles. The number of hydrogen-bond donors (Lipinski definition) is 1. The molecule has 5 nitrogen and oxygen atoms in total. The molecule has 138 valence electrons. The Morgan fingerprint density at radius 2 is 2.00 bits per heavy atom. The predicted octanol–water partition coefficient (Wildman–Crippen LogP) is 3.46. The first-order chi connectivity index (χ1) is 11.6. The van der Waals surface area contributed by atoms with Gasteiger partial charge in [0.15, 0.2) is 5.96 Å². The maximum Gasteiger partial charge on any atom is 0.193 e. The maximum atomic E-state index is 5.46. The first kappa shape index (κ1) is 21.3. The van der Waals surface area contributed by atoms with Crippen molar-refractivity contribution in [1.82, 2.24) is 14.8 Å². The van der Waals surface area contributed by atoms with Gasteiger partial charge in [-0.3, -0.25) is 4.99 Å². The Balaban J connectivity index is 0.00000312. The standard InChI is InChI=1S/C19H28N4O.HI/c1-15(17-10-6-7-11-18(17)24-5)13-21-19(20-2)23(4)14-16-9-8-12-22(16)3;/h6-12,15H,13-14H2,1-5H3,(H,20,21);1H. The highest BCUT2D eigenvalue weighted by atomic mass is 127. The van der Waals surface area contributed by atoms with Gasteiger partial charge in [0, 0.05) is 45.5 Å². The molecule has 1 aromatic heterocycles. The summed E-state index contributed by atoms with van der Waals surface area (Å²) in [4.78, 5) is 6.53. The third kappa shape index (κ3) is 5.66. The molecular weight excluding hydrogens is 427 g/mol. The average Bonchev–Trinajstić information content (AvgIpc) is 3.00. The van der Waals surface area contributed by atoms with Gasteiger partial charge >= 0.3 is 0 Å². The Kier molecular flexibility index (Phi) is 8.82. The molecule has 1 N–H and O–H groups in total. The number of para-hydroxylation sites is 1. The van der Waals surface area contributed by atoms with Crippen molar-refractivity contribution in [3.05, 3.63) is 53.9 Å². The van der Waals surface area contributed by atoms with E-state index in [1.165, 1.54) is 11.3 Å². The van der Waals surface area contributed by atoms with E-state index in [4.69, 9.17) is 4.74 Å². The van der Waals surface area contributed by atoms with Gasteiger partial charge in [-0.2, -0.15) is 0 Å². The average molecular weight is 456 g/mol. The monoisotopic (exact) mass is 456 g/mol. The van der Waals surface area contributed by atoms with E-state index in [0.717, 1.165) is 24.8 Å². The van der Waals surface area contributed by atoms with Gasteiger partial charge in [0.25, 0.3) is 0 Å². The number of aliphatic imine (C=N–C) groups is 1. The lowest BCUT2D eigenvalue weighted by molar-refractivity contribution is 0.405. The van der Waals surface area contributed by atoms with E-state index in [1.807, 2.05) is 25.2 Å². The zero-order chi connectivity index (χ0) is 17.5. The van der Waals surface area contributed by atoms with Gasteiger partial charge in [0.1, 0.15) is 5.75 Å². The number of aryl methyl sites for hydroxylation is 1. The number of guanidine groups is 1. The quantitative estimate of drug-likeness (QED) is 0.411. The molecule has 0 aliphatic rings. The van der Waals surface area contributed by atoms with Crippen LogP contribution in [0.1, 0.15) is 24.1 Å². The Bertz CT molecular complexity index is 684. The van der Waals surface area contributed by atoms with E-state index in [1.54, 1.807) is 7.11 Å². The van der Waals surface area contributed by atoms with Gasteiger partial charge in [-0.05, 0) is 23.8 Å². The summed E-state index contributed by atoms with van der Waals surface area (Å²) in [7, 11) is 7.64. The molecule has 0 spiro atoms. The molecule has 0 radical (unpaired) electrons. The number of benzene rings is 1. The minimum absolute atomic E-state index is 0. The molecule has 1 unspecified atom stereocenters. The zero-order valence-electron chi connectivity index (χ0n) is 15.7. The van der Waals surface area contributed by atoms with Gasteiger partial charge in [0.05, 0.1) is 13.7 Å². The van der Waals surface area contributed by atoms with Crippen LogP contribution in [0.25, 0.3) is 0 Å². The van der Waals surface area contributed by atoms with Crippen molar-refractivity contribution in [2.75, 3.05) is 27.7 Å². The van der Waals surface area contributed by atoms with Crippen LogP contribution in [0.2, 0.25) is 0 Å². The molecule has 6 heteroatoms. The second-order valence-corrected chi connectivity index (χ2v) is 6.04. The van der Waals surface area contributed by atoms with Gasteiger partial charge in [-0.25, -0.2) is 0 Å². The fraction of sp³-hybridized carbons (Fsp3) is 0.421. The Morgan fingerprint density at radius 3 is 2.60 bits per heavy atom. The molecule has 1 aromatic carbocycles. The highest BCUT2D eigenvalue weighted by molar-refractivity contribution is 14.0. The lowest BCUT2D eigenvalue weighted by atomic mass is 10.0. The van der Waals surface area contributed by atoms with Crippen molar-refractivity contribution < 1.29 is 4.74 Å². The molecule has 0 saturated carbocycles. The second kappa shape index (κ2) is 10.3. The van der Waals surface area contributed by atoms with Gasteiger partial charge < -0.3 is 19.5 Å². The number of halogens is 1. The van der Waals surface area contributed by atoms with Crippen molar-refractivity contribution >= 4 is 29.9 Å². The summed E-state index contributed by atoms with van der Waals surface area (Å²) in [6, 6.07) is 12.3. The van der Waals surface area contributed by atoms with Crippen molar-refractivity contribution in [2.24, 2.45) is 12.0 Å². The molecule has 0 aliphatic heterocycles. The van der Waals surface area contributed by atoms with Crippen LogP contribution in [0, 0.1) is 0 Å². The first-order valence-electron chi connectivity index (χ1n) is 8.21. The van der Waals surface area contributed by atoms with Crippen molar-refractivity contribution in [3.8, 4) is 5.75 Å². The van der Waals surface area contributed by atoms with Crippen molar-refractivity contribution in [2.45, 2.75) is 19.4 Å². The highest BCUT2D eigenvalue weighted by Gasteiger charge is 2.13. The Labute approximate surface area is 168 Å². The number of methoxy groups -OCH3 is 1. The van der Waals surface area contributed by atoms with Crippen molar-refractivity contribution in [3.63, 3.8) is 0 Å². The number of hydrogen-bond acceptors (Lipinski definition) is 2. The Hall–Kier alpha value is -1.70. The normalized spacial score (nSPS) is 12.3. The molecule has 1 atom stereocenters. The lowest BCUT2D eigenvalue weighted by Gasteiger charge is -2.24. The van der Waals surface area contributed by atoms with Crippen LogP contribution >= 0.6 is 24.0 Å². The van der Waals surface area contributed by atoms with E-state index in [2.05, 4.69) is 65.2 Å². The highest BCUT2D eigenvalue weighted by Crippen LogP contribution is 2.25. The lowest BCUT2D eigenvalue weighted by Crippen LogP contribution is -2.40. The topological polar surface area (TPSA) is 41.8 Å². The first-order valence-corrected chi connectivity index (χ1v) is 8.21. The van der Waals surface area contributed by atoms with E-state index in [9.17, 15) is 0 Å². The van der Waals surface area contributed by atoms with Crippen LogP contribution in [0.4, 0.5) is 0 Å². The fourth-order valence-electron chi connectivity index (χ4n) is 2.79. The Morgan fingerprint density at radius 1 is 1.28 bits per heavy atom. The number of nitrogens with one attached hydrogen (secondary N) is 1. The largest absolute Gasteiger partial charge is 0.496 e. The van der Waals surface area contributed by atoms with Crippen LogP contribution in [0.5, 0.6) is 5.75 Å². The summed E-state index contributed by atoms with van der Waals surface area (Å²) in [6.45, 7) is 3.80. The van der Waals surface area contributed by atoms with E-state index >= 15 is 0 Å². The van der Waals surface area contributed by atoms with Gasteiger partial charge in [-0.1, -0.05) is 25.1 Å². The predicted molar refractivity (Wildman–Crippen MR) is 115 cm³/mol. The van der Waals surface area contributed by atoms with Crippen LogP contribution < -0.4 is 10.1 Å². The van der Waals surface area contributed by atoms with Crippen LogP contribution in [0.3, 0.4) is 0 Å².